The smallest absolute Gasteiger partial charge is 0.301 e. The molecule has 1 amide bonds. The van der Waals surface area contributed by atoms with Crippen molar-refractivity contribution in [2.45, 2.75) is 19.8 Å². The van der Waals surface area contributed by atoms with Gasteiger partial charge in [0.05, 0.1) is 11.2 Å². The number of amides is 1. The van der Waals surface area contributed by atoms with Crippen molar-refractivity contribution in [3.63, 3.8) is 0 Å². The van der Waals surface area contributed by atoms with Crippen LogP contribution in [0.4, 0.5) is 0 Å². The molecule has 0 saturated heterocycles. The lowest BCUT2D eigenvalue weighted by molar-refractivity contribution is -0.114. The number of aryl methyl sites for hydroxylation is 2. The van der Waals surface area contributed by atoms with E-state index in [4.69, 9.17) is 11.6 Å². The van der Waals surface area contributed by atoms with Crippen molar-refractivity contribution in [1.29, 1.82) is 0 Å². The monoisotopic (exact) mass is 447 g/mol. The first kappa shape index (κ1) is 20.6. The van der Waals surface area contributed by atoms with Crippen LogP contribution in [0.1, 0.15) is 24.1 Å². The summed E-state index contributed by atoms with van der Waals surface area (Å²) in [6.07, 6.45) is 6.71. The molecular formula is C20H22ClN5O3S. The number of benzene rings is 1. The molecule has 0 aliphatic heterocycles. The molecular weight excluding hydrogens is 426 g/mol. The molecule has 0 atom stereocenters. The van der Waals surface area contributed by atoms with Crippen molar-refractivity contribution in [2.75, 3.05) is 6.54 Å². The first-order chi connectivity index (χ1) is 14.2. The number of carbonyl (C=O) groups is 1. The lowest BCUT2D eigenvalue weighted by Gasteiger charge is -2.08. The zero-order chi connectivity index (χ0) is 21.5. The lowest BCUT2D eigenvalue weighted by Crippen LogP contribution is -2.40. The molecule has 1 aliphatic carbocycles. The van der Waals surface area contributed by atoms with E-state index in [0.717, 1.165) is 29.6 Å². The number of carbonyl (C=O) groups excluding carboxylic acids is 1. The predicted molar refractivity (Wildman–Crippen MR) is 117 cm³/mol. The second kappa shape index (κ2) is 7.90. The quantitative estimate of drug-likeness (QED) is 0.544. The van der Waals surface area contributed by atoms with Crippen molar-refractivity contribution in [3.8, 4) is 5.82 Å². The van der Waals surface area contributed by atoms with E-state index in [9.17, 15) is 13.2 Å². The van der Waals surface area contributed by atoms with Crippen LogP contribution in [0.15, 0.2) is 36.5 Å². The van der Waals surface area contributed by atoms with Gasteiger partial charge in [0.15, 0.2) is 0 Å². The molecule has 10 heteroatoms. The third kappa shape index (κ3) is 4.43. The van der Waals surface area contributed by atoms with Crippen LogP contribution in [0.2, 0.25) is 5.02 Å². The predicted octanol–water partition coefficient (Wildman–Crippen LogP) is 2.70. The second-order valence-electron chi connectivity index (χ2n) is 7.43. The Kier molecular flexibility index (Phi) is 5.44. The molecule has 30 heavy (non-hydrogen) atoms. The molecule has 8 nitrogen and oxygen atoms in total. The number of hydrogen-bond acceptors (Lipinski definition) is 4. The molecule has 3 aromatic rings. The van der Waals surface area contributed by atoms with Crippen molar-refractivity contribution in [3.05, 3.63) is 52.8 Å². The summed E-state index contributed by atoms with van der Waals surface area (Å²) in [4.78, 5) is 12.2. The molecule has 0 unspecified atom stereocenters. The third-order valence-electron chi connectivity index (χ3n) is 5.01. The van der Waals surface area contributed by atoms with Crippen LogP contribution < -0.4 is 9.44 Å². The van der Waals surface area contributed by atoms with Gasteiger partial charge < -0.3 is 4.57 Å². The van der Waals surface area contributed by atoms with Crippen molar-refractivity contribution >= 4 is 44.7 Å². The number of aromatic nitrogens is 3. The van der Waals surface area contributed by atoms with Gasteiger partial charge in [0.1, 0.15) is 5.82 Å². The van der Waals surface area contributed by atoms with E-state index < -0.39 is 16.1 Å². The van der Waals surface area contributed by atoms with Crippen LogP contribution in [-0.2, 0) is 22.1 Å². The van der Waals surface area contributed by atoms with Crippen LogP contribution in [0.5, 0.6) is 0 Å². The first-order valence-corrected chi connectivity index (χ1v) is 11.4. The molecule has 0 bridgehead atoms. The summed E-state index contributed by atoms with van der Waals surface area (Å²) >= 11 is 6.08. The minimum absolute atomic E-state index is 0.350. The molecule has 1 saturated carbocycles. The fraction of sp³-hybridized carbons (Fsp3) is 0.300. The molecule has 1 aliphatic rings. The minimum Gasteiger partial charge on any atom is -0.301 e. The van der Waals surface area contributed by atoms with Gasteiger partial charge in [0, 0.05) is 41.8 Å². The van der Waals surface area contributed by atoms with Gasteiger partial charge in [-0.3, -0.25) is 9.48 Å². The minimum atomic E-state index is -3.87. The van der Waals surface area contributed by atoms with E-state index in [0.29, 0.717) is 28.7 Å². The first-order valence-electron chi connectivity index (χ1n) is 9.53. The van der Waals surface area contributed by atoms with E-state index in [1.807, 2.05) is 53.7 Å². The maximum atomic E-state index is 12.2. The SMILES string of the molecule is Cc1nn(C)c(-n2ccc3cc(Cl)ccc32)c1/C=C/C(=O)NS(=O)(=O)NCC1CC1. The summed E-state index contributed by atoms with van der Waals surface area (Å²) in [6, 6.07) is 7.55. The van der Waals surface area contributed by atoms with Gasteiger partial charge in [-0.2, -0.15) is 18.2 Å². The maximum absolute atomic E-state index is 12.2. The van der Waals surface area contributed by atoms with Crippen molar-refractivity contribution in [1.82, 2.24) is 23.8 Å². The fourth-order valence-electron chi connectivity index (χ4n) is 3.35. The molecule has 0 spiro atoms. The standard InChI is InChI=1S/C20H22ClN5O3S/c1-13-17(6-8-19(27)24-30(28,29)22-12-14-3-4-14)20(25(2)23-13)26-10-9-15-11-16(21)5-7-18(15)26/h5-11,14,22H,3-4,12H2,1-2H3,(H,24,27)/b8-6+. The summed E-state index contributed by atoms with van der Waals surface area (Å²) in [5, 5.41) is 6.08. The molecule has 2 aromatic heterocycles. The number of rotatable bonds is 7. The molecule has 1 aromatic carbocycles. The molecule has 0 radical (unpaired) electrons. The summed E-state index contributed by atoms with van der Waals surface area (Å²) in [6.45, 7) is 2.18. The highest BCUT2D eigenvalue weighted by molar-refractivity contribution is 7.88. The second-order valence-corrected chi connectivity index (χ2v) is 9.37. The Hall–Kier alpha value is -2.62. The highest BCUT2D eigenvalue weighted by atomic mass is 35.5. The number of fused-ring (bicyclic) bond motifs is 1. The Morgan fingerprint density at radius 3 is 2.83 bits per heavy atom. The summed E-state index contributed by atoms with van der Waals surface area (Å²) in [5.74, 6) is 0.402. The topological polar surface area (TPSA) is 98.0 Å². The highest BCUT2D eigenvalue weighted by Gasteiger charge is 2.24. The zero-order valence-corrected chi connectivity index (χ0v) is 18.2. The van der Waals surface area contributed by atoms with E-state index in [-0.39, 0.29) is 0 Å². The number of nitrogens with one attached hydrogen (secondary N) is 2. The van der Waals surface area contributed by atoms with E-state index in [1.54, 1.807) is 10.8 Å². The van der Waals surface area contributed by atoms with Crippen LogP contribution in [0, 0.1) is 12.8 Å². The van der Waals surface area contributed by atoms with Crippen LogP contribution >= 0.6 is 11.6 Å². The average Bonchev–Trinajstić information content (AvgIpc) is 3.35. The number of hydrogen-bond donors (Lipinski definition) is 2. The zero-order valence-electron chi connectivity index (χ0n) is 16.6. The summed E-state index contributed by atoms with van der Waals surface area (Å²) in [7, 11) is -2.06. The van der Waals surface area contributed by atoms with E-state index in [2.05, 4.69) is 9.82 Å². The Bertz CT molecular complexity index is 1250. The van der Waals surface area contributed by atoms with Gasteiger partial charge in [0.25, 0.3) is 5.91 Å². The van der Waals surface area contributed by atoms with Crippen molar-refractivity contribution < 1.29 is 13.2 Å². The van der Waals surface area contributed by atoms with Gasteiger partial charge in [-0.25, -0.2) is 4.72 Å². The molecule has 2 N–H and O–H groups in total. The Morgan fingerprint density at radius 2 is 2.10 bits per heavy atom. The Labute approximate surface area is 179 Å². The largest absolute Gasteiger partial charge is 0.301 e. The van der Waals surface area contributed by atoms with E-state index >= 15 is 0 Å². The average molecular weight is 448 g/mol. The van der Waals surface area contributed by atoms with Gasteiger partial charge in [-0.05, 0) is 56.0 Å². The Balaban J connectivity index is 1.59. The Morgan fingerprint density at radius 1 is 1.33 bits per heavy atom. The normalized spacial score (nSPS) is 14.6. The maximum Gasteiger partial charge on any atom is 0.301 e. The summed E-state index contributed by atoms with van der Waals surface area (Å²) in [5.41, 5.74) is 2.36. The molecule has 1 fully saturated rings. The number of nitrogens with zero attached hydrogens (tertiary/aromatic N) is 3. The van der Waals surface area contributed by atoms with Crippen LogP contribution in [0.25, 0.3) is 22.8 Å². The van der Waals surface area contributed by atoms with Crippen LogP contribution in [0.3, 0.4) is 0 Å². The lowest BCUT2D eigenvalue weighted by atomic mass is 10.2. The van der Waals surface area contributed by atoms with Gasteiger partial charge in [-0.1, -0.05) is 11.6 Å². The van der Waals surface area contributed by atoms with Gasteiger partial charge in [-0.15, -0.1) is 0 Å². The molecule has 4 rings (SSSR count). The fourth-order valence-corrected chi connectivity index (χ4v) is 4.39. The van der Waals surface area contributed by atoms with E-state index in [1.165, 1.54) is 6.08 Å². The highest BCUT2D eigenvalue weighted by Crippen LogP contribution is 2.28. The van der Waals surface area contributed by atoms with Crippen LogP contribution in [-0.4, -0.2) is 35.2 Å². The number of halogens is 1. The van der Waals surface area contributed by atoms with Gasteiger partial charge in [0.2, 0.25) is 0 Å². The summed E-state index contributed by atoms with van der Waals surface area (Å²) < 4.78 is 32.0. The third-order valence-corrected chi connectivity index (χ3v) is 6.26. The molecule has 2 heterocycles. The van der Waals surface area contributed by atoms with Crippen molar-refractivity contribution in [2.24, 2.45) is 13.0 Å². The van der Waals surface area contributed by atoms with Gasteiger partial charge >= 0.3 is 10.2 Å². The molecule has 158 valence electrons.